The van der Waals surface area contributed by atoms with Crippen LogP contribution in [0.3, 0.4) is 0 Å². The molecule has 1 heterocycles. The summed E-state index contributed by atoms with van der Waals surface area (Å²) in [6.45, 7) is 3.95. The maximum Gasteiger partial charge on any atom is 0.417 e. The smallest absolute Gasteiger partial charge is 0.384 e. The Labute approximate surface area is 145 Å². The number of anilines is 1. The van der Waals surface area contributed by atoms with Gasteiger partial charge in [0.2, 0.25) is 0 Å². The molecule has 1 aromatic heterocycles. The molecule has 3 N–H and O–H groups in total. The molecule has 0 aliphatic carbocycles. The summed E-state index contributed by atoms with van der Waals surface area (Å²) in [7, 11) is 0. The highest BCUT2D eigenvalue weighted by atomic mass is 127. The van der Waals surface area contributed by atoms with Crippen LogP contribution in [-0.2, 0) is 0 Å². The molecule has 122 valence electrons. The number of hydrogen-bond acceptors (Lipinski definition) is 3. The first-order chi connectivity index (χ1) is 10.8. The van der Waals surface area contributed by atoms with Crippen molar-refractivity contribution in [2.24, 2.45) is 5.73 Å². The second-order valence-corrected chi connectivity index (χ2v) is 6.07. The third-order valence-electron chi connectivity index (χ3n) is 3.09. The number of pyridine rings is 1. The van der Waals surface area contributed by atoms with Crippen LogP contribution >= 0.6 is 22.6 Å². The van der Waals surface area contributed by atoms with Gasteiger partial charge in [0.05, 0.1) is 17.0 Å². The van der Waals surface area contributed by atoms with Gasteiger partial charge in [-0.25, -0.2) is 4.98 Å². The van der Waals surface area contributed by atoms with Gasteiger partial charge in [-0.05, 0) is 46.9 Å². The molecule has 0 aliphatic rings. The molecule has 1 aromatic carbocycles. The van der Waals surface area contributed by atoms with Gasteiger partial charge >= 0.3 is 6.18 Å². The minimum absolute atomic E-state index is 0.201. The van der Waals surface area contributed by atoms with Gasteiger partial charge in [-0.15, -0.1) is 0 Å². The van der Waals surface area contributed by atoms with Crippen LogP contribution in [0.1, 0.15) is 5.69 Å². The fourth-order valence-electron chi connectivity index (χ4n) is 1.92. The van der Waals surface area contributed by atoms with Gasteiger partial charge in [0.25, 0.3) is 0 Å². The number of allylic oxidation sites excluding steroid dienone is 1. The molecular weight excluding hydrogens is 418 g/mol. The van der Waals surface area contributed by atoms with E-state index in [2.05, 4.69) is 39.5 Å². The van der Waals surface area contributed by atoms with E-state index in [9.17, 15) is 13.2 Å². The molecular formula is C16H15F3IN3. The molecule has 0 spiro atoms. The molecule has 0 fully saturated rings. The number of benzene rings is 1. The van der Waals surface area contributed by atoms with Gasteiger partial charge in [0.15, 0.2) is 0 Å². The minimum Gasteiger partial charge on any atom is -0.384 e. The van der Waals surface area contributed by atoms with Crippen molar-refractivity contribution in [3.8, 4) is 11.3 Å². The van der Waals surface area contributed by atoms with E-state index in [4.69, 9.17) is 5.73 Å². The number of halogens is 4. The van der Waals surface area contributed by atoms with Crippen LogP contribution in [0.25, 0.3) is 16.8 Å². The summed E-state index contributed by atoms with van der Waals surface area (Å²) in [6.07, 6.45) is -4.52. The van der Waals surface area contributed by atoms with Crippen molar-refractivity contribution in [2.45, 2.75) is 6.18 Å². The predicted molar refractivity (Wildman–Crippen MR) is 95.0 cm³/mol. The lowest BCUT2D eigenvalue weighted by atomic mass is 10.1. The number of aromatic nitrogens is 1. The van der Waals surface area contributed by atoms with Crippen LogP contribution in [0.5, 0.6) is 0 Å². The van der Waals surface area contributed by atoms with Gasteiger partial charge in [0.1, 0.15) is 0 Å². The maximum atomic E-state index is 12.9. The van der Waals surface area contributed by atoms with Crippen molar-refractivity contribution >= 4 is 33.9 Å². The summed E-state index contributed by atoms with van der Waals surface area (Å²) in [5.74, 6) is 0. The zero-order chi connectivity index (χ0) is 17.0. The Bertz CT molecular complexity index is 697. The van der Waals surface area contributed by atoms with Gasteiger partial charge in [0, 0.05) is 27.9 Å². The molecule has 0 saturated heterocycles. The highest BCUT2D eigenvalue weighted by molar-refractivity contribution is 14.1. The molecule has 0 radical (unpaired) electrons. The van der Waals surface area contributed by atoms with E-state index in [1.807, 2.05) is 24.3 Å². The van der Waals surface area contributed by atoms with E-state index in [0.717, 1.165) is 9.13 Å². The Morgan fingerprint density at radius 2 is 1.87 bits per heavy atom. The lowest BCUT2D eigenvalue weighted by molar-refractivity contribution is -0.0688. The lowest BCUT2D eigenvalue weighted by Crippen LogP contribution is -2.15. The molecule has 0 bridgehead atoms. The predicted octanol–water partition coefficient (Wildman–Crippen LogP) is 4.30. The van der Waals surface area contributed by atoms with E-state index >= 15 is 0 Å². The van der Waals surface area contributed by atoms with E-state index in [1.54, 1.807) is 6.07 Å². The molecule has 0 unspecified atom stereocenters. The van der Waals surface area contributed by atoms with Crippen LogP contribution in [0.15, 0.2) is 43.0 Å². The Hall–Kier alpha value is -1.61. The summed E-state index contributed by atoms with van der Waals surface area (Å²) in [5.41, 5.74) is 5.97. The zero-order valence-electron chi connectivity index (χ0n) is 12.1. The van der Waals surface area contributed by atoms with E-state index in [0.29, 0.717) is 24.5 Å². The van der Waals surface area contributed by atoms with Crippen LogP contribution in [0.4, 0.5) is 18.9 Å². The number of nitrogens with one attached hydrogen (secondary N) is 1. The van der Waals surface area contributed by atoms with Crippen molar-refractivity contribution in [1.82, 2.24) is 4.98 Å². The average Bonchev–Trinajstić information content (AvgIpc) is 2.51. The first kappa shape index (κ1) is 17.7. The third-order valence-corrected chi connectivity index (χ3v) is 3.81. The van der Waals surface area contributed by atoms with Crippen molar-refractivity contribution in [3.63, 3.8) is 0 Å². The van der Waals surface area contributed by atoms with Crippen LogP contribution in [0, 0.1) is 3.57 Å². The first-order valence-electron chi connectivity index (χ1n) is 6.79. The lowest BCUT2D eigenvalue weighted by Gasteiger charge is -2.14. The van der Waals surface area contributed by atoms with Crippen LogP contribution in [-0.4, -0.2) is 24.2 Å². The quantitative estimate of drug-likeness (QED) is 0.692. The van der Waals surface area contributed by atoms with E-state index in [1.165, 1.54) is 6.07 Å². The van der Waals surface area contributed by atoms with Crippen molar-refractivity contribution in [3.05, 3.63) is 52.2 Å². The van der Waals surface area contributed by atoms with Crippen molar-refractivity contribution < 1.29 is 13.2 Å². The second-order valence-electron chi connectivity index (χ2n) is 4.82. The number of nitrogens with two attached hydrogens (primary N) is 1. The van der Waals surface area contributed by atoms with Crippen LogP contribution in [0.2, 0.25) is 0 Å². The van der Waals surface area contributed by atoms with Gasteiger partial charge in [-0.3, -0.25) is 0 Å². The second kappa shape index (κ2) is 7.31. The molecule has 0 saturated carbocycles. The molecule has 7 heteroatoms. The first-order valence-corrected chi connectivity index (χ1v) is 7.87. The van der Waals surface area contributed by atoms with Gasteiger partial charge < -0.3 is 11.1 Å². The van der Waals surface area contributed by atoms with Crippen molar-refractivity contribution in [1.29, 1.82) is 0 Å². The summed E-state index contributed by atoms with van der Waals surface area (Å²) >= 11 is 2.16. The largest absolute Gasteiger partial charge is 0.417 e. The Morgan fingerprint density at radius 3 is 2.43 bits per heavy atom. The van der Waals surface area contributed by atoms with Gasteiger partial charge in [-0.2, -0.15) is 13.2 Å². The molecule has 0 atom stereocenters. The Balaban J connectivity index is 2.48. The standard InChI is InChI=1S/C16H15F3IN3/c1-10(16(17,18)19)14-8-13(22-7-6-21)9-15(23-14)11-2-4-12(20)5-3-11/h2-5,8-9H,1,6-7,21H2,(H,22,23). The van der Waals surface area contributed by atoms with E-state index < -0.39 is 11.7 Å². The molecule has 0 aliphatic heterocycles. The summed E-state index contributed by atoms with van der Waals surface area (Å²) in [6, 6.07) is 10.4. The number of rotatable bonds is 5. The fourth-order valence-corrected chi connectivity index (χ4v) is 2.28. The van der Waals surface area contributed by atoms with E-state index in [-0.39, 0.29) is 5.69 Å². The third kappa shape index (κ3) is 4.68. The molecule has 23 heavy (non-hydrogen) atoms. The van der Waals surface area contributed by atoms with Gasteiger partial charge in [-0.1, -0.05) is 18.7 Å². The van der Waals surface area contributed by atoms with Crippen molar-refractivity contribution in [2.75, 3.05) is 18.4 Å². The summed E-state index contributed by atoms with van der Waals surface area (Å²) in [4.78, 5) is 4.11. The highest BCUT2D eigenvalue weighted by Crippen LogP contribution is 2.34. The number of hydrogen-bond donors (Lipinski definition) is 2. The van der Waals surface area contributed by atoms with Crippen LogP contribution < -0.4 is 11.1 Å². The molecule has 2 aromatic rings. The highest BCUT2D eigenvalue weighted by Gasteiger charge is 2.34. The fraction of sp³-hybridized carbons (Fsp3) is 0.188. The molecule has 3 nitrogen and oxygen atoms in total. The summed E-state index contributed by atoms with van der Waals surface area (Å²) in [5, 5.41) is 2.99. The SMILES string of the molecule is C=C(c1cc(NCCN)cc(-c2ccc(I)cc2)n1)C(F)(F)F. The topological polar surface area (TPSA) is 50.9 Å². The number of nitrogens with zero attached hydrogens (tertiary/aromatic N) is 1. The Morgan fingerprint density at radius 1 is 1.22 bits per heavy atom. The number of alkyl halides is 3. The monoisotopic (exact) mass is 433 g/mol. The summed E-state index contributed by atoms with van der Waals surface area (Å²) < 4.78 is 39.8. The zero-order valence-corrected chi connectivity index (χ0v) is 14.3. The molecule has 2 rings (SSSR count). The Kier molecular flexibility index (Phi) is 5.64. The maximum absolute atomic E-state index is 12.9. The minimum atomic E-state index is -4.52. The average molecular weight is 433 g/mol. The molecule has 0 amide bonds. The normalized spacial score (nSPS) is 11.3.